The second-order valence-electron chi connectivity index (χ2n) is 7.60. The summed E-state index contributed by atoms with van der Waals surface area (Å²) in [4.78, 5) is 2.53. The van der Waals surface area contributed by atoms with Gasteiger partial charge in [-0.1, -0.05) is 52.0 Å². The number of hydrogen-bond donors (Lipinski definition) is 1. The normalized spacial score (nSPS) is 26.5. The monoisotopic (exact) mass is 274 g/mol. The Morgan fingerprint density at radius 1 is 1.15 bits per heavy atom. The van der Waals surface area contributed by atoms with Gasteiger partial charge in [0.25, 0.3) is 0 Å². The molecule has 2 nitrogen and oxygen atoms in total. The van der Waals surface area contributed by atoms with Gasteiger partial charge in [0.05, 0.1) is 0 Å². The lowest BCUT2D eigenvalue weighted by molar-refractivity contribution is 0.124. The molecule has 2 heteroatoms. The van der Waals surface area contributed by atoms with Crippen molar-refractivity contribution in [2.45, 2.75) is 58.5 Å². The minimum absolute atomic E-state index is 0.226. The summed E-state index contributed by atoms with van der Waals surface area (Å²) in [5.74, 6) is 0.704. The average molecular weight is 274 g/mol. The average Bonchev–Trinajstić information content (AvgIpc) is 2.36. The molecule has 0 amide bonds. The third-order valence-electron chi connectivity index (χ3n) is 4.53. The molecule has 20 heavy (non-hydrogen) atoms. The summed E-state index contributed by atoms with van der Waals surface area (Å²) in [6.45, 7) is 13.6. The molecule has 2 rings (SSSR count). The summed E-state index contributed by atoms with van der Waals surface area (Å²) in [5, 5.41) is 0. The van der Waals surface area contributed by atoms with Crippen molar-refractivity contribution in [3.05, 3.63) is 35.4 Å². The lowest BCUT2D eigenvalue weighted by Gasteiger charge is -2.39. The second kappa shape index (κ2) is 5.87. The third-order valence-corrected chi connectivity index (χ3v) is 4.53. The maximum atomic E-state index is 6.17. The van der Waals surface area contributed by atoms with Crippen LogP contribution in [0.15, 0.2) is 24.3 Å². The molecule has 0 saturated carbocycles. The molecule has 0 bridgehead atoms. The molecule has 3 unspecified atom stereocenters. The van der Waals surface area contributed by atoms with Gasteiger partial charge in [-0.2, -0.15) is 0 Å². The van der Waals surface area contributed by atoms with E-state index >= 15 is 0 Å². The van der Waals surface area contributed by atoms with E-state index in [1.165, 1.54) is 11.1 Å². The van der Waals surface area contributed by atoms with E-state index in [9.17, 15) is 0 Å². The first-order valence-corrected chi connectivity index (χ1v) is 7.87. The van der Waals surface area contributed by atoms with E-state index in [0.29, 0.717) is 18.0 Å². The Hall–Kier alpha value is -0.860. The highest BCUT2D eigenvalue weighted by Crippen LogP contribution is 2.28. The lowest BCUT2D eigenvalue weighted by Crippen LogP contribution is -2.47. The van der Waals surface area contributed by atoms with E-state index in [1.807, 2.05) is 0 Å². The molecule has 1 saturated heterocycles. The molecule has 3 atom stereocenters. The molecule has 1 aromatic rings. The number of nitrogens with zero attached hydrogens (tertiary/aromatic N) is 1. The fourth-order valence-electron chi connectivity index (χ4n) is 3.23. The molecule has 1 aromatic carbocycles. The number of likely N-dealkylation sites (tertiary alicyclic amines) is 1. The molecule has 0 spiro atoms. The highest BCUT2D eigenvalue weighted by molar-refractivity contribution is 5.29. The van der Waals surface area contributed by atoms with Gasteiger partial charge < -0.3 is 5.73 Å². The van der Waals surface area contributed by atoms with Gasteiger partial charge in [0.1, 0.15) is 0 Å². The van der Waals surface area contributed by atoms with Crippen LogP contribution in [0.4, 0.5) is 0 Å². The number of piperidine rings is 1. The fourth-order valence-corrected chi connectivity index (χ4v) is 3.23. The van der Waals surface area contributed by atoms with Crippen molar-refractivity contribution in [1.82, 2.24) is 4.90 Å². The van der Waals surface area contributed by atoms with Crippen LogP contribution in [0, 0.1) is 5.92 Å². The van der Waals surface area contributed by atoms with Crippen LogP contribution < -0.4 is 5.73 Å². The van der Waals surface area contributed by atoms with E-state index < -0.39 is 0 Å². The van der Waals surface area contributed by atoms with Gasteiger partial charge in [0.2, 0.25) is 0 Å². The molecule has 1 aliphatic heterocycles. The van der Waals surface area contributed by atoms with Crippen LogP contribution in [-0.4, -0.2) is 24.0 Å². The van der Waals surface area contributed by atoms with Crippen molar-refractivity contribution in [1.29, 1.82) is 0 Å². The van der Waals surface area contributed by atoms with Crippen LogP contribution in [0.25, 0.3) is 0 Å². The zero-order valence-corrected chi connectivity index (χ0v) is 13.7. The van der Waals surface area contributed by atoms with Gasteiger partial charge in [-0.15, -0.1) is 0 Å². The standard InChI is InChI=1S/C18H30N2/c1-13-10-17(19)12-20(11-13)14(2)15-6-8-16(9-7-15)18(3,4)5/h6-9,13-14,17H,10-12,19H2,1-5H3. The number of rotatable bonds is 2. The van der Waals surface area contributed by atoms with Crippen molar-refractivity contribution < 1.29 is 0 Å². The van der Waals surface area contributed by atoms with Crippen LogP contribution in [0.3, 0.4) is 0 Å². The van der Waals surface area contributed by atoms with Gasteiger partial charge >= 0.3 is 0 Å². The van der Waals surface area contributed by atoms with E-state index in [0.717, 1.165) is 19.5 Å². The maximum Gasteiger partial charge on any atom is 0.0320 e. The van der Waals surface area contributed by atoms with Crippen molar-refractivity contribution >= 4 is 0 Å². The van der Waals surface area contributed by atoms with Crippen LogP contribution in [0.5, 0.6) is 0 Å². The minimum Gasteiger partial charge on any atom is -0.327 e. The minimum atomic E-state index is 0.226. The molecular formula is C18H30N2. The molecule has 2 N–H and O–H groups in total. The first-order valence-electron chi connectivity index (χ1n) is 7.87. The highest BCUT2D eigenvalue weighted by atomic mass is 15.2. The Balaban J connectivity index is 2.11. The van der Waals surface area contributed by atoms with Crippen LogP contribution in [0.2, 0.25) is 0 Å². The van der Waals surface area contributed by atoms with Crippen molar-refractivity contribution in [2.24, 2.45) is 11.7 Å². The molecule has 1 fully saturated rings. The summed E-state index contributed by atoms with van der Waals surface area (Å²) in [6, 6.07) is 9.91. The summed E-state index contributed by atoms with van der Waals surface area (Å²) < 4.78 is 0. The van der Waals surface area contributed by atoms with E-state index in [-0.39, 0.29) is 5.41 Å². The molecular weight excluding hydrogens is 244 g/mol. The summed E-state index contributed by atoms with van der Waals surface area (Å²) >= 11 is 0. The zero-order chi connectivity index (χ0) is 14.9. The summed E-state index contributed by atoms with van der Waals surface area (Å²) in [6.07, 6.45) is 1.16. The lowest BCUT2D eigenvalue weighted by atomic mass is 9.86. The van der Waals surface area contributed by atoms with Crippen molar-refractivity contribution in [2.75, 3.05) is 13.1 Å². The van der Waals surface area contributed by atoms with Crippen molar-refractivity contribution in [3.8, 4) is 0 Å². The maximum absolute atomic E-state index is 6.17. The zero-order valence-electron chi connectivity index (χ0n) is 13.7. The van der Waals surface area contributed by atoms with E-state index in [4.69, 9.17) is 5.73 Å². The van der Waals surface area contributed by atoms with Gasteiger partial charge in [0, 0.05) is 25.2 Å². The largest absolute Gasteiger partial charge is 0.327 e. The van der Waals surface area contributed by atoms with Gasteiger partial charge in [-0.3, -0.25) is 4.90 Å². The Bertz CT molecular complexity index is 420. The second-order valence-corrected chi connectivity index (χ2v) is 7.60. The highest BCUT2D eigenvalue weighted by Gasteiger charge is 2.26. The SMILES string of the molecule is CC1CC(N)CN(C(C)c2ccc(C(C)(C)C)cc2)C1. The first kappa shape index (κ1) is 15.5. The van der Waals surface area contributed by atoms with Crippen LogP contribution >= 0.6 is 0 Å². The summed E-state index contributed by atoms with van der Waals surface area (Å²) in [7, 11) is 0. The molecule has 112 valence electrons. The molecule has 0 aromatic heterocycles. The number of hydrogen-bond acceptors (Lipinski definition) is 2. The number of benzene rings is 1. The Morgan fingerprint density at radius 3 is 2.25 bits per heavy atom. The fraction of sp³-hybridized carbons (Fsp3) is 0.667. The number of nitrogens with two attached hydrogens (primary N) is 1. The predicted octanol–water partition coefficient (Wildman–Crippen LogP) is 3.71. The molecule has 0 radical (unpaired) electrons. The van der Waals surface area contributed by atoms with Gasteiger partial charge in [0.15, 0.2) is 0 Å². The Labute approximate surface area is 124 Å². The van der Waals surface area contributed by atoms with Crippen molar-refractivity contribution in [3.63, 3.8) is 0 Å². The van der Waals surface area contributed by atoms with Gasteiger partial charge in [-0.05, 0) is 35.8 Å². The van der Waals surface area contributed by atoms with E-state index in [1.54, 1.807) is 0 Å². The van der Waals surface area contributed by atoms with Crippen LogP contribution in [0.1, 0.15) is 58.2 Å². The Morgan fingerprint density at radius 2 is 1.75 bits per heavy atom. The van der Waals surface area contributed by atoms with E-state index in [2.05, 4.69) is 63.8 Å². The third kappa shape index (κ3) is 3.62. The summed E-state index contributed by atoms with van der Waals surface area (Å²) in [5.41, 5.74) is 9.20. The topological polar surface area (TPSA) is 29.3 Å². The van der Waals surface area contributed by atoms with Gasteiger partial charge in [-0.25, -0.2) is 0 Å². The molecule has 0 aliphatic carbocycles. The predicted molar refractivity (Wildman–Crippen MR) is 86.9 cm³/mol. The quantitative estimate of drug-likeness (QED) is 0.890. The van der Waals surface area contributed by atoms with Crippen LogP contribution in [-0.2, 0) is 5.41 Å². The smallest absolute Gasteiger partial charge is 0.0320 e. The first-order chi connectivity index (χ1) is 9.27. The molecule has 1 aliphatic rings. The Kier molecular flexibility index (Phi) is 4.55. The molecule has 1 heterocycles.